The molecule has 1 atom stereocenters. The SMILES string of the molecule is CC(c1nn(CCO)c(N)c1F)C1CC1. The van der Waals surface area contributed by atoms with Gasteiger partial charge in [0.15, 0.2) is 11.6 Å². The molecule has 0 aliphatic heterocycles. The quantitative estimate of drug-likeness (QED) is 0.787. The molecule has 5 heteroatoms. The summed E-state index contributed by atoms with van der Waals surface area (Å²) in [4.78, 5) is 0. The molecule has 1 aliphatic rings. The first-order valence-electron chi connectivity index (χ1n) is 5.27. The zero-order valence-electron chi connectivity index (χ0n) is 8.78. The van der Waals surface area contributed by atoms with Crippen molar-refractivity contribution in [2.75, 3.05) is 12.3 Å². The second-order valence-electron chi connectivity index (χ2n) is 4.16. The van der Waals surface area contributed by atoms with E-state index in [4.69, 9.17) is 10.8 Å². The van der Waals surface area contributed by atoms with Crippen molar-refractivity contribution in [2.45, 2.75) is 32.2 Å². The maximum Gasteiger partial charge on any atom is 0.188 e. The molecule has 4 nitrogen and oxygen atoms in total. The van der Waals surface area contributed by atoms with E-state index in [9.17, 15) is 4.39 Å². The van der Waals surface area contributed by atoms with Gasteiger partial charge < -0.3 is 10.8 Å². The minimum atomic E-state index is -0.414. The van der Waals surface area contributed by atoms with E-state index in [1.807, 2.05) is 6.92 Å². The lowest BCUT2D eigenvalue weighted by Crippen LogP contribution is -2.08. The lowest BCUT2D eigenvalue weighted by molar-refractivity contribution is 0.270. The molecule has 0 radical (unpaired) electrons. The third-order valence-corrected chi connectivity index (χ3v) is 3.03. The molecule has 1 saturated carbocycles. The van der Waals surface area contributed by atoms with E-state index < -0.39 is 5.82 Å². The van der Waals surface area contributed by atoms with Gasteiger partial charge in [0.05, 0.1) is 13.2 Å². The molecule has 0 spiro atoms. The summed E-state index contributed by atoms with van der Waals surface area (Å²) in [6.07, 6.45) is 2.29. The number of nitrogen functional groups attached to an aromatic ring is 1. The van der Waals surface area contributed by atoms with E-state index >= 15 is 0 Å². The minimum absolute atomic E-state index is 0.0338. The molecule has 1 aliphatic carbocycles. The Morgan fingerprint density at radius 2 is 2.33 bits per heavy atom. The molecule has 84 valence electrons. The van der Waals surface area contributed by atoms with Crippen molar-refractivity contribution in [3.63, 3.8) is 0 Å². The lowest BCUT2D eigenvalue weighted by atomic mass is 10.0. The van der Waals surface area contributed by atoms with Crippen LogP contribution in [0, 0.1) is 11.7 Å². The van der Waals surface area contributed by atoms with Gasteiger partial charge in [-0.25, -0.2) is 9.07 Å². The van der Waals surface area contributed by atoms with Crippen LogP contribution in [0.3, 0.4) is 0 Å². The summed E-state index contributed by atoms with van der Waals surface area (Å²) < 4.78 is 15.0. The highest BCUT2D eigenvalue weighted by Gasteiger charge is 2.33. The zero-order valence-corrected chi connectivity index (χ0v) is 8.78. The molecule has 0 bridgehead atoms. The highest BCUT2D eigenvalue weighted by molar-refractivity contribution is 5.35. The molecule has 2 rings (SSSR count). The molecule has 0 amide bonds. The van der Waals surface area contributed by atoms with E-state index in [1.54, 1.807) is 0 Å². The summed E-state index contributed by atoms with van der Waals surface area (Å²) in [6, 6.07) is 0. The van der Waals surface area contributed by atoms with Gasteiger partial charge in [-0.3, -0.25) is 0 Å². The molecule has 1 unspecified atom stereocenters. The number of halogens is 1. The Balaban J connectivity index is 2.26. The summed E-state index contributed by atoms with van der Waals surface area (Å²) in [5, 5.41) is 12.9. The molecule has 1 heterocycles. The van der Waals surface area contributed by atoms with E-state index in [1.165, 1.54) is 4.68 Å². The monoisotopic (exact) mass is 213 g/mol. The van der Waals surface area contributed by atoms with Crippen LogP contribution in [0.15, 0.2) is 0 Å². The van der Waals surface area contributed by atoms with Gasteiger partial charge in [0, 0.05) is 5.92 Å². The Hall–Kier alpha value is -1.10. The van der Waals surface area contributed by atoms with Gasteiger partial charge >= 0.3 is 0 Å². The number of nitrogens with zero attached hydrogens (tertiary/aromatic N) is 2. The smallest absolute Gasteiger partial charge is 0.188 e. The number of anilines is 1. The van der Waals surface area contributed by atoms with Gasteiger partial charge in [-0.2, -0.15) is 5.10 Å². The molecular formula is C10H16FN3O. The highest BCUT2D eigenvalue weighted by Crippen LogP contribution is 2.42. The topological polar surface area (TPSA) is 64.1 Å². The Bertz CT molecular complexity index is 360. The number of rotatable bonds is 4. The van der Waals surface area contributed by atoms with Crippen molar-refractivity contribution in [3.05, 3.63) is 11.5 Å². The predicted molar refractivity (Wildman–Crippen MR) is 54.8 cm³/mol. The van der Waals surface area contributed by atoms with Crippen molar-refractivity contribution >= 4 is 5.82 Å². The van der Waals surface area contributed by atoms with Crippen molar-refractivity contribution < 1.29 is 9.50 Å². The maximum absolute atomic E-state index is 13.7. The van der Waals surface area contributed by atoms with Crippen LogP contribution >= 0.6 is 0 Å². The number of nitrogens with two attached hydrogens (primary N) is 1. The Morgan fingerprint density at radius 3 is 2.87 bits per heavy atom. The summed E-state index contributed by atoms with van der Waals surface area (Å²) in [5.74, 6) is 0.304. The largest absolute Gasteiger partial charge is 0.394 e. The number of hydrogen-bond acceptors (Lipinski definition) is 3. The fraction of sp³-hybridized carbons (Fsp3) is 0.700. The van der Waals surface area contributed by atoms with E-state index in [0.717, 1.165) is 12.8 Å². The number of hydrogen-bond donors (Lipinski definition) is 2. The number of aromatic nitrogens is 2. The minimum Gasteiger partial charge on any atom is -0.394 e. The fourth-order valence-electron chi connectivity index (χ4n) is 1.85. The van der Waals surface area contributed by atoms with Crippen LogP contribution in [-0.4, -0.2) is 21.5 Å². The zero-order chi connectivity index (χ0) is 11.0. The standard InChI is InChI=1S/C10H16FN3O/c1-6(7-2-3-7)9-8(11)10(12)14(13-9)4-5-15/h6-7,15H,2-5,12H2,1H3. The van der Waals surface area contributed by atoms with Crippen LogP contribution in [0.1, 0.15) is 31.4 Å². The fourth-order valence-corrected chi connectivity index (χ4v) is 1.85. The van der Waals surface area contributed by atoms with E-state index in [0.29, 0.717) is 11.6 Å². The van der Waals surface area contributed by atoms with Gasteiger partial charge in [0.2, 0.25) is 0 Å². The average molecular weight is 213 g/mol. The molecule has 1 aromatic rings. The second kappa shape index (κ2) is 3.81. The predicted octanol–water partition coefficient (Wildman–Crippen LogP) is 1.11. The lowest BCUT2D eigenvalue weighted by Gasteiger charge is -2.05. The second-order valence-corrected chi connectivity index (χ2v) is 4.16. The van der Waals surface area contributed by atoms with Gasteiger partial charge in [-0.05, 0) is 18.8 Å². The Labute approximate surface area is 87.9 Å². The molecule has 0 saturated heterocycles. The van der Waals surface area contributed by atoms with Gasteiger partial charge in [-0.15, -0.1) is 0 Å². The summed E-state index contributed by atoms with van der Waals surface area (Å²) in [5.41, 5.74) is 6.01. The van der Waals surface area contributed by atoms with Crippen molar-refractivity contribution in [3.8, 4) is 0 Å². The molecule has 3 N–H and O–H groups in total. The Morgan fingerprint density at radius 1 is 1.67 bits per heavy atom. The van der Waals surface area contributed by atoms with E-state index in [2.05, 4.69) is 5.10 Å². The first-order chi connectivity index (χ1) is 7.15. The van der Waals surface area contributed by atoms with Crippen LogP contribution in [0.4, 0.5) is 10.2 Å². The average Bonchev–Trinajstić information content (AvgIpc) is 3.01. The third-order valence-electron chi connectivity index (χ3n) is 3.03. The van der Waals surface area contributed by atoms with Crippen LogP contribution in [0.5, 0.6) is 0 Å². The first-order valence-corrected chi connectivity index (χ1v) is 5.27. The third kappa shape index (κ3) is 1.84. The summed E-state index contributed by atoms with van der Waals surface area (Å²) in [7, 11) is 0. The normalized spacial score (nSPS) is 18.1. The summed E-state index contributed by atoms with van der Waals surface area (Å²) in [6.45, 7) is 2.15. The number of aliphatic hydroxyl groups excluding tert-OH is 1. The number of aliphatic hydroxyl groups is 1. The maximum atomic E-state index is 13.7. The molecule has 1 aromatic heterocycles. The van der Waals surface area contributed by atoms with Crippen LogP contribution < -0.4 is 5.73 Å². The molecule has 0 aromatic carbocycles. The molecule has 1 fully saturated rings. The van der Waals surface area contributed by atoms with Crippen molar-refractivity contribution in [1.29, 1.82) is 0 Å². The molecule has 15 heavy (non-hydrogen) atoms. The van der Waals surface area contributed by atoms with Crippen molar-refractivity contribution in [1.82, 2.24) is 9.78 Å². The van der Waals surface area contributed by atoms with Crippen LogP contribution in [0.2, 0.25) is 0 Å². The summed E-state index contributed by atoms with van der Waals surface area (Å²) >= 11 is 0. The molecular weight excluding hydrogens is 197 g/mol. The Kier molecular flexibility index (Phi) is 2.65. The first kappa shape index (κ1) is 10.4. The highest BCUT2D eigenvalue weighted by atomic mass is 19.1. The van der Waals surface area contributed by atoms with Gasteiger partial charge in [0.25, 0.3) is 0 Å². The van der Waals surface area contributed by atoms with Crippen LogP contribution in [0.25, 0.3) is 0 Å². The van der Waals surface area contributed by atoms with Gasteiger partial charge in [0.1, 0.15) is 5.69 Å². The van der Waals surface area contributed by atoms with Crippen molar-refractivity contribution in [2.24, 2.45) is 5.92 Å². The van der Waals surface area contributed by atoms with Crippen LogP contribution in [-0.2, 0) is 6.54 Å². The van der Waals surface area contributed by atoms with E-state index in [-0.39, 0.29) is 24.9 Å². The van der Waals surface area contributed by atoms with Gasteiger partial charge in [-0.1, -0.05) is 6.92 Å².